The molecule has 1 heterocycles. The summed E-state index contributed by atoms with van der Waals surface area (Å²) in [5.74, 6) is 0.723. The lowest BCUT2D eigenvalue weighted by molar-refractivity contribution is 0.200. The highest BCUT2D eigenvalue weighted by atomic mass is 16.5. The van der Waals surface area contributed by atoms with E-state index in [1.165, 1.54) is 37.7 Å². The standard InChI is InChI=1S/C17H26N2O/c1-20-12-11-18-14-16(15-7-3-2-4-8-15)13-17-9-5-6-10-19-17/h5-6,9-10,13,15,18H,2-4,7-8,11-12,14H2,1H3/b16-13-. The van der Waals surface area contributed by atoms with E-state index in [1.54, 1.807) is 7.11 Å². The topological polar surface area (TPSA) is 34.1 Å². The number of nitrogens with one attached hydrogen (secondary N) is 1. The molecule has 20 heavy (non-hydrogen) atoms. The molecule has 0 aromatic carbocycles. The summed E-state index contributed by atoms with van der Waals surface area (Å²) in [7, 11) is 1.74. The van der Waals surface area contributed by atoms with Gasteiger partial charge in [-0.1, -0.05) is 30.9 Å². The second kappa shape index (κ2) is 8.88. The lowest BCUT2D eigenvalue weighted by Gasteiger charge is -2.25. The van der Waals surface area contributed by atoms with Crippen LogP contribution in [0, 0.1) is 5.92 Å². The van der Waals surface area contributed by atoms with Gasteiger partial charge < -0.3 is 10.1 Å². The summed E-state index contributed by atoms with van der Waals surface area (Å²) >= 11 is 0. The van der Waals surface area contributed by atoms with E-state index >= 15 is 0 Å². The first-order valence-electron chi connectivity index (χ1n) is 7.71. The molecule has 3 nitrogen and oxygen atoms in total. The molecule has 2 rings (SSSR count). The van der Waals surface area contributed by atoms with Gasteiger partial charge in [0, 0.05) is 26.4 Å². The molecule has 0 aliphatic heterocycles. The zero-order valence-electron chi connectivity index (χ0n) is 12.5. The first kappa shape index (κ1) is 15.2. The van der Waals surface area contributed by atoms with Crippen LogP contribution in [0.15, 0.2) is 30.0 Å². The Labute approximate surface area is 122 Å². The number of hydrogen-bond donors (Lipinski definition) is 1. The van der Waals surface area contributed by atoms with Crippen molar-refractivity contribution in [2.24, 2.45) is 5.92 Å². The van der Waals surface area contributed by atoms with Crippen molar-refractivity contribution in [2.75, 3.05) is 26.8 Å². The number of methoxy groups -OCH3 is 1. The van der Waals surface area contributed by atoms with Crippen LogP contribution in [0.4, 0.5) is 0 Å². The molecule has 0 bridgehead atoms. The Morgan fingerprint density at radius 2 is 2.20 bits per heavy atom. The lowest BCUT2D eigenvalue weighted by Crippen LogP contribution is -2.25. The first-order chi connectivity index (χ1) is 9.90. The number of aromatic nitrogens is 1. The van der Waals surface area contributed by atoms with Crippen molar-refractivity contribution in [1.29, 1.82) is 0 Å². The fourth-order valence-corrected chi connectivity index (χ4v) is 2.84. The molecule has 0 unspecified atom stereocenters. The molecule has 0 radical (unpaired) electrons. The third kappa shape index (κ3) is 5.06. The molecular formula is C17H26N2O. The SMILES string of the molecule is COCCNC/C(=C/c1ccccn1)C1CCCCC1. The van der Waals surface area contributed by atoms with Crippen LogP contribution in [-0.2, 0) is 4.74 Å². The predicted octanol–water partition coefficient (Wildman–Crippen LogP) is 3.28. The van der Waals surface area contributed by atoms with Crippen LogP contribution in [0.1, 0.15) is 37.8 Å². The van der Waals surface area contributed by atoms with E-state index in [2.05, 4.69) is 28.5 Å². The number of nitrogens with zero attached hydrogens (tertiary/aromatic N) is 1. The quantitative estimate of drug-likeness (QED) is 0.775. The minimum atomic E-state index is 0.723. The zero-order valence-corrected chi connectivity index (χ0v) is 12.5. The number of pyridine rings is 1. The first-order valence-corrected chi connectivity index (χ1v) is 7.71. The average molecular weight is 274 g/mol. The Morgan fingerprint density at radius 1 is 1.35 bits per heavy atom. The molecule has 0 atom stereocenters. The molecule has 1 fully saturated rings. The van der Waals surface area contributed by atoms with Gasteiger partial charge in [0.15, 0.2) is 0 Å². The van der Waals surface area contributed by atoms with Crippen LogP contribution >= 0.6 is 0 Å². The van der Waals surface area contributed by atoms with Crippen molar-refractivity contribution >= 4 is 6.08 Å². The van der Waals surface area contributed by atoms with Crippen molar-refractivity contribution in [3.05, 3.63) is 35.7 Å². The van der Waals surface area contributed by atoms with Crippen LogP contribution in [0.2, 0.25) is 0 Å². The molecule has 3 heteroatoms. The maximum absolute atomic E-state index is 5.09. The highest BCUT2D eigenvalue weighted by molar-refractivity contribution is 5.49. The van der Waals surface area contributed by atoms with E-state index in [-0.39, 0.29) is 0 Å². The van der Waals surface area contributed by atoms with Gasteiger partial charge in [0.1, 0.15) is 0 Å². The van der Waals surface area contributed by atoms with E-state index in [0.29, 0.717) is 0 Å². The van der Waals surface area contributed by atoms with E-state index < -0.39 is 0 Å². The molecular weight excluding hydrogens is 248 g/mol. The normalized spacial score (nSPS) is 17.4. The van der Waals surface area contributed by atoms with Crippen molar-refractivity contribution < 1.29 is 4.74 Å². The Morgan fingerprint density at radius 3 is 2.90 bits per heavy atom. The lowest BCUT2D eigenvalue weighted by atomic mass is 9.83. The number of hydrogen-bond acceptors (Lipinski definition) is 3. The molecule has 1 aliphatic carbocycles. The Bertz CT molecular complexity index is 397. The highest BCUT2D eigenvalue weighted by Gasteiger charge is 2.17. The molecule has 0 saturated heterocycles. The summed E-state index contributed by atoms with van der Waals surface area (Å²) in [4.78, 5) is 4.43. The monoisotopic (exact) mass is 274 g/mol. The van der Waals surface area contributed by atoms with Crippen LogP contribution in [0.3, 0.4) is 0 Å². The van der Waals surface area contributed by atoms with Gasteiger partial charge >= 0.3 is 0 Å². The van der Waals surface area contributed by atoms with Crippen molar-refractivity contribution in [2.45, 2.75) is 32.1 Å². The average Bonchev–Trinajstić information content (AvgIpc) is 2.52. The summed E-state index contributed by atoms with van der Waals surface area (Å²) in [5, 5.41) is 3.48. The van der Waals surface area contributed by atoms with Gasteiger partial charge in [0.25, 0.3) is 0 Å². The molecule has 1 aromatic heterocycles. The molecule has 110 valence electrons. The maximum atomic E-state index is 5.09. The Kier molecular flexibility index (Phi) is 6.75. The van der Waals surface area contributed by atoms with Crippen molar-refractivity contribution in [3.63, 3.8) is 0 Å². The third-order valence-electron chi connectivity index (χ3n) is 3.96. The highest BCUT2D eigenvalue weighted by Crippen LogP contribution is 2.30. The minimum Gasteiger partial charge on any atom is -0.383 e. The van der Waals surface area contributed by atoms with E-state index in [0.717, 1.165) is 31.3 Å². The molecule has 1 N–H and O–H groups in total. The largest absolute Gasteiger partial charge is 0.383 e. The van der Waals surface area contributed by atoms with Gasteiger partial charge in [-0.2, -0.15) is 0 Å². The van der Waals surface area contributed by atoms with E-state index in [9.17, 15) is 0 Å². The van der Waals surface area contributed by atoms with Gasteiger partial charge in [0.05, 0.1) is 12.3 Å². The Hall–Kier alpha value is -1.19. The summed E-state index contributed by atoms with van der Waals surface area (Å²) in [6, 6.07) is 6.10. The third-order valence-corrected chi connectivity index (χ3v) is 3.96. The molecule has 1 aliphatic rings. The van der Waals surface area contributed by atoms with Gasteiger partial charge in [-0.05, 0) is 37.0 Å². The van der Waals surface area contributed by atoms with E-state index in [1.807, 2.05) is 12.3 Å². The predicted molar refractivity (Wildman–Crippen MR) is 83.5 cm³/mol. The molecule has 0 amide bonds. The molecule has 1 saturated carbocycles. The van der Waals surface area contributed by atoms with Gasteiger partial charge in [-0.3, -0.25) is 4.98 Å². The Balaban J connectivity index is 2.00. The van der Waals surface area contributed by atoms with Crippen LogP contribution in [0.5, 0.6) is 0 Å². The second-order valence-electron chi connectivity index (χ2n) is 5.48. The van der Waals surface area contributed by atoms with Gasteiger partial charge in [-0.25, -0.2) is 0 Å². The molecule has 1 aromatic rings. The van der Waals surface area contributed by atoms with Crippen molar-refractivity contribution in [3.8, 4) is 0 Å². The van der Waals surface area contributed by atoms with Crippen LogP contribution in [0.25, 0.3) is 6.08 Å². The summed E-state index contributed by atoms with van der Waals surface area (Å²) < 4.78 is 5.09. The number of ether oxygens (including phenoxy) is 1. The summed E-state index contributed by atoms with van der Waals surface area (Å²) in [5.41, 5.74) is 2.57. The van der Waals surface area contributed by atoms with Gasteiger partial charge in [0.2, 0.25) is 0 Å². The van der Waals surface area contributed by atoms with Gasteiger partial charge in [-0.15, -0.1) is 0 Å². The fraction of sp³-hybridized carbons (Fsp3) is 0.588. The smallest absolute Gasteiger partial charge is 0.0629 e. The molecule has 0 spiro atoms. The van der Waals surface area contributed by atoms with Crippen LogP contribution < -0.4 is 5.32 Å². The summed E-state index contributed by atoms with van der Waals surface area (Å²) in [6.07, 6.45) is 10.9. The second-order valence-corrected chi connectivity index (χ2v) is 5.48. The minimum absolute atomic E-state index is 0.723. The summed E-state index contributed by atoms with van der Waals surface area (Å²) in [6.45, 7) is 2.62. The van der Waals surface area contributed by atoms with Crippen LogP contribution in [-0.4, -0.2) is 31.8 Å². The zero-order chi connectivity index (χ0) is 14.0. The number of rotatable bonds is 7. The maximum Gasteiger partial charge on any atom is 0.0629 e. The van der Waals surface area contributed by atoms with E-state index in [4.69, 9.17) is 4.74 Å². The van der Waals surface area contributed by atoms with Crippen molar-refractivity contribution in [1.82, 2.24) is 10.3 Å². The fourth-order valence-electron chi connectivity index (χ4n) is 2.84.